The summed E-state index contributed by atoms with van der Waals surface area (Å²) in [7, 11) is -2.16. The second kappa shape index (κ2) is 10.5. The van der Waals surface area contributed by atoms with Gasteiger partial charge in [0.25, 0.3) is 0 Å². The number of para-hydroxylation sites is 2. The van der Waals surface area contributed by atoms with Crippen molar-refractivity contribution in [3.8, 4) is 34.2 Å². The summed E-state index contributed by atoms with van der Waals surface area (Å²) < 4.78 is 36.6. The van der Waals surface area contributed by atoms with E-state index in [0.717, 1.165) is 22.4 Å². The molecule has 0 aliphatic heterocycles. The molecule has 0 saturated carbocycles. The minimum atomic E-state index is -3.77. The van der Waals surface area contributed by atoms with Crippen molar-refractivity contribution in [1.29, 1.82) is 5.26 Å². The van der Waals surface area contributed by atoms with Gasteiger partial charge in [-0.15, -0.1) is 11.8 Å². The minimum absolute atomic E-state index is 0.170. The van der Waals surface area contributed by atoms with Crippen molar-refractivity contribution in [1.82, 2.24) is 9.97 Å². The summed E-state index contributed by atoms with van der Waals surface area (Å²) in [6.45, 7) is 0. The Bertz CT molecular complexity index is 1680. The van der Waals surface area contributed by atoms with Crippen LogP contribution in [0.3, 0.4) is 0 Å². The lowest BCUT2D eigenvalue weighted by Gasteiger charge is -2.13. The summed E-state index contributed by atoms with van der Waals surface area (Å²) in [4.78, 5) is 8.87. The van der Waals surface area contributed by atoms with Gasteiger partial charge in [-0.25, -0.2) is 13.4 Å². The van der Waals surface area contributed by atoms with E-state index in [1.54, 1.807) is 31.4 Å². The maximum absolute atomic E-state index is 12.9. The van der Waals surface area contributed by atoms with Gasteiger partial charge in [0.05, 0.1) is 24.1 Å². The Balaban J connectivity index is 1.47. The molecule has 2 heterocycles. The first-order chi connectivity index (χ1) is 18.0. The Morgan fingerprint density at radius 3 is 2.38 bits per heavy atom. The monoisotopic (exact) mass is 527 g/mol. The lowest BCUT2D eigenvalue weighted by Crippen LogP contribution is -2.09. The third-order valence-electron chi connectivity index (χ3n) is 5.70. The number of benzene rings is 3. The van der Waals surface area contributed by atoms with Crippen LogP contribution >= 0.6 is 11.8 Å². The summed E-state index contributed by atoms with van der Waals surface area (Å²) in [5.41, 5.74) is 4.43. The first-order valence-electron chi connectivity index (χ1n) is 11.3. The number of hydrogen-bond acceptors (Lipinski definition) is 8. The lowest BCUT2D eigenvalue weighted by atomic mass is 9.99. The Kier molecular flexibility index (Phi) is 6.95. The van der Waals surface area contributed by atoms with E-state index in [9.17, 15) is 13.7 Å². The van der Waals surface area contributed by atoms with Crippen molar-refractivity contribution in [3.63, 3.8) is 0 Å². The number of aromatic nitrogens is 2. The molecule has 2 aromatic heterocycles. The zero-order chi connectivity index (χ0) is 25.8. The number of thioether (sulfide) groups is 1. The Morgan fingerprint density at radius 1 is 0.946 bits per heavy atom. The number of sulfone groups is 1. The van der Waals surface area contributed by atoms with E-state index in [4.69, 9.17) is 14.1 Å². The van der Waals surface area contributed by atoms with Crippen LogP contribution in [0.4, 0.5) is 0 Å². The molecule has 7 nitrogen and oxygen atoms in total. The van der Waals surface area contributed by atoms with Gasteiger partial charge < -0.3 is 9.15 Å². The number of nitrogens with zero attached hydrogens (tertiary/aromatic N) is 3. The molecule has 5 aromatic rings. The second-order valence-electron chi connectivity index (χ2n) is 8.06. The molecule has 0 N–H and O–H groups in total. The highest BCUT2D eigenvalue weighted by atomic mass is 32.2. The third kappa shape index (κ3) is 5.21. The number of oxazole rings is 1. The van der Waals surface area contributed by atoms with Gasteiger partial charge >= 0.3 is 5.22 Å². The molecule has 0 amide bonds. The summed E-state index contributed by atoms with van der Waals surface area (Å²) in [5, 5.41) is 10.2. The fourth-order valence-corrected chi connectivity index (χ4v) is 6.30. The molecule has 184 valence electrons. The zero-order valence-electron chi connectivity index (χ0n) is 19.8. The van der Waals surface area contributed by atoms with Gasteiger partial charge in [-0.05, 0) is 48.0 Å². The highest BCUT2D eigenvalue weighted by Crippen LogP contribution is 2.35. The highest BCUT2D eigenvalue weighted by Gasteiger charge is 2.23. The standard InChI is InChI=1S/C28H21N3O4S2/c1-34-21-13-11-20(12-14-21)25-17-22(19-7-3-2-4-8-19)23(18-29)27(30-25)36-15-16-37(32,33)28-31-24-9-5-6-10-26(24)35-28/h2-14,17H,15-16H2,1H3. The van der Waals surface area contributed by atoms with Crippen LogP contribution in [0.1, 0.15) is 5.56 Å². The first kappa shape index (κ1) is 24.6. The number of methoxy groups -OCH3 is 1. The quantitative estimate of drug-likeness (QED) is 0.226. The van der Waals surface area contributed by atoms with E-state index >= 15 is 0 Å². The van der Waals surface area contributed by atoms with Crippen LogP contribution in [-0.2, 0) is 9.84 Å². The van der Waals surface area contributed by atoms with Gasteiger partial charge in [-0.2, -0.15) is 10.2 Å². The second-order valence-corrected chi connectivity index (χ2v) is 11.1. The maximum atomic E-state index is 12.9. The molecule has 0 radical (unpaired) electrons. The van der Waals surface area contributed by atoms with E-state index in [-0.39, 0.29) is 16.7 Å². The topological polar surface area (TPSA) is 106 Å². The number of ether oxygens (including phenoxy) is 1. The highest BCUT2D eigenvalue weighted by molar-refractivity contribution is 8.00. The van der Waals surface area contributed by atoms with E-state index in [0.29, 0.717) is 27.4 Å². The fourth-order valence-electron chi connectivity index (χ4n) is 3.81. The zero-order valence-corrected chi connectivity index (χ0v) is 21.4. The number of pyridine rings is 1. The van der Waals surface area contributed by atoms with E-state index < -0.39 is 9.84 Å². The lowest BCUT2D eigenvalue weighted by molar-refractivity contribution is 0.415. The van der Waals surface area contributed by atoms with Crippen molar-refractivity contribution in [2.75, 3.05) is 18.6 Å². The van der Waals surface area contributed by atoms with Crippen molar-refractivity contribution in [2.45, 2.75) is 10.2 Å². The van der Waals surface area contributed by atoms with Gasteiger partial charge in [0.2, 0.25) is 9.84 Å². The normalized spacial score (nSPS) is 11.4. The molecule has 0 saturated heterocycles. The minimum Gasteiger partial charge on any atom is -0.497 e. The molecule has 0 fully saturated rings. The van der Waals surface area contributed by atoms with Crippen LogP contribution in [0, 0.1) is 11.3 Å². The number of rotatable bonds is 8. The van der Waals surface area contributed by atoms with E-state index in [1.807, 2.05) is 60.7 Å². The molecule has 0 aliphatic carbocycles. The summed E-state index contributed by atoms with van der Waals surface area (Å²) >= 11 is 1.22. The molecule has 9 heteroatoms. The third-order valence-corrected chi connectivity index (χ3v) is 8.38. The average molecular weight is 528 g/mol. The number of hydrogen-bond donors (Lipinski definition) is 0. The van der Waals surface area contributed by atoms with Crippen LogP contribution < -0.4 is 4.74 Å². The molecular formula is C28H21N3O4S2. The van der Waals surface area contributed by atoms with Gasteiger partial charge in [0, 0.05) is 16.9 Å². The molecule has 0 atom stereocenters. The van der Waals surface area contributed by atoms with Crippen LogP contribution in [-0.4, -0.2) is 37.0 Å². The van der Waals surface area contributed by atoms with Gasteiger partial charge in [-0.3, -0.25) is 0 Å². The Labute approximate surface area is 218 Å². The van der Waals surface area contributed by atoms with Crippen LogP contribution in [0.5, 0.6) is 5.75 Å². The predicted octanol–water partition coefficient (Wildman–Crippen LogP) is 6.00. The summed E-state index contributed by atoms with van der Waals surface area (Å²) in [6.07, 6.45) is 0. The molecular weight excluding hydrogens is 506 g/mol. The van der Waals surface area contributed by atoms with Crippen molar-refractivity contribution >= 4 is 32.7 Å². The molecule has 3 aromatic carbocycles. The molecule has 0 bridgehead atoms. The first-order valence-corrected chi connectivity index (χ1v) is 14.0. The van der Waals surface area contributed by atoms with Crippen molar-refractivity contribution in [2.24, 2.45) is 0 Å². The van der Waals surface area contributed by atoms with Gasteiger partial charge in [-0.1, -0.05) is 42.5 Å². The van der Waals surface area contributed by atoms with Gasteiger partial charge in [0.1, 0.15) is 22.4 Å². The summed E-state index contributed by atoms with van der Waals surface area (Å²) in [6, 6.07) is 28.1. The molecule has 5 rings (SSSR count). The smallest absolute Gasteiger partial charge is 0.316 e. The van der Waals surface area contributed by atoms with E-state index in [1.165, 1.54) is 11.8 Å². The molecule has 37 heavy (non-hydrogen) atoms. The molecule has 0 aliphatic rings. The van der Waals surface area contributed by atoms with Crippen LogP contribution in [0.2, 0.25) is 0 Å². The molecule has 0 unspecified atom stereocenters. The predicted molar refractivity (Wildman–Crippen MR) is 143 cm³/mol. The van der Waals surface area contributed by atoms with Crippen LogP contribution in [0.15, 0.2) is 99.6 Å². The number of fused-ring (bicyclic) bond motifs is 1. The fraction of sp³-hybridized carbons (Fsp3) is 0.107. The SMILES string of the molecule is COc1ccc(-c2cc(-c3ccccc3)c(C#N)c(SCCS(=O)(=O)c3nc4ccccc4o3)n2)cc1. The average Bonchev–Trinajstić information content (AvgIpc) is 3.39. The van der Waals surface area contributed by atoms with Crippen molar-refractivity contribution < 1.29 is 17.6 Å². The Hall–Kier alpha value is -4.13. The largest absolute Gasteiger partial charge is 0.497 e. The van der Waals surface area contributed by atoms with Gasteiger partial charge in [0.15, 0.2) is 5.58 Å². The maximum Gasteiger partial charge on any atom is 0.316 e. The number of nitriles is 1. The van der Waals surface area contributed by atoms with Crippen LogP contribution in [0.25, 0.3) is 33.5 Å². The summed E-state index contributed by atoms with van der Waals surface area (Å²) in [5.74, 6) is 0.674. The van der Waals surface area contributed by atoms with Crippen molar-refractivity contribution in [3.05, 3.63) is 90.5 Å². The van der Waals surface area contributed by atoms with E-state index in [2.05, 4.69) is 11.1 Å². The molecule has 0 spiro atoms. The Morgan fingerprint density at radius 2 is 1.68 bits per heavy atom.